The second-order valence-electron chi connectivity index (χ2n) is 5.64. The van der Waals surface area contributed by atoms with Gasteiger partial charge in [0.05, 0.1) is 5.01 Å². The molecule has 0 aromatic carbocycles. The molecule has 12 heteroatoms. The normalized spacial score (nSPS) is 15.6. The third-order valence-corrected chi connectivity index (χ3v) is 4.79. The summed E-state index contributed by atoms with van der Waals surface area (Å²) in [4.78, 5) is 20.3. The monoisotopic (exact) mass is 513 g/mol. The van der Waals surface area contributed by atoms with Crippen molar-refractivity contribution in [3.8, 4) is 0 Å². The van der Waals surface area contributed by atoms with Gasteiger partial charge in [-0.2, -0.15) is 13.2 Å². The van der Waals surface area contributed by atoms with Crippen LogP contribution in [0.1, 0.15) is 10.7 Å². The number of aliphatic imine (C=N–C) groups is 1. The van der Waals surface area contributed by atoms with E-state index in [1.54, 1.807) is 18.5 Å². The highest BCUT2D eigenvalue weighted by molar-refractivity contribution is 14.0. The number of anilines is 1. The van der Waals surface area contributed by atoms with Gasteiger partial charge in [0.25, 0.3) is 0 Å². The Morgan fingerprint density at radius 3 is 2.44 bits per heavy atom. The van der Waals surface area contributed by atoms with E-state index in [1.807, 2.05) is 4.90 Å². The van der Waals surface area contributed by atoms with Gasteiger partial charge in [-0.25, -0.2) is 15.0 Å². The molecule has 0 amide bonds. The molecule has 27 heavy (non-hydrogen) atoms. The van der Waals surface area contributed by atoms with Crippen LogP contribution in [0.25, 0.3) is 0 Å². The lowest BCUT2D eigenvalue weighted by Crippen LogP contribution is -2.51. The fourth-order valence-corrected chi connectivity index (χ4v) is 3.31. The Balaban J connectivity index is 0.00000261. The SMILES string of the molecule is I.NC(=NCCc1nc(C(F)(F)F)cs1)N1CCN(c2ncccn2)CC1. The maximum atomic E-state index is 12.5. The van der Waals surface area contributed by atoms with Gasteiger partial charge >= 0.3 is 6.18 Å². The number of nitrogens with two attached hydrogens (primary N) is 1. The van der Waals surface area contributed by atoms with E-state index < -0.39 is 11.9 Å². The number of rotatable bonds is 4. The number of alkyl halides is 3. The molecule has 0 spiro atoms. The minimum atomic E-state index is -4.40. The summed E-state index contributed by atoms with van der Waals surface area (Å²) in [6.45, 7) is 3.12. The first kappa shape index (κ1) is 21.6. The van der Waals surface area contributed by atoms with Gasteiger partial charge in [0.2, 0.25) is 5.95 Å². The fourth-order valence-electron chi connectivity index (χ4n) is 2.51. The van der Waals surface area contributed by atoms with Crippen molar-refractivity contribution in [2.24, 2.45) is 10.7 Å². The summed E-state index contributed by atoms with van der Waals surface area (Å²) < 4.78 is 37.6. The molecule has 2 N–H and O–H groups in total. The molecule has 1 saturated heterocycles. The van der Waals surface area contributed by atoms with Crippen molar-refractivity contribution in [3.63, 3.8) is 0 Å². The van der Waals surface area contributed by atoms with Crippen LogP contribution in [0.4, 0.5) is 19.1 Å². The van der Waals surface area contributed by atoms with Crippen molar-refractivity contribution >= 4 is 47.2 Å². The molecule has 7 nitrogen and oxygen atoms in total. The molecule has 3 rings (SSSR count). The Labute approximate surface area is 175 Å². The molecule has 0 atom stereocenters. The summed E-state index contributed by atoms with van der Waals surface area (Å²) in [5, 5.41) is 1.42. The van der Waals surface area contributed by atoms with E-state index in [9.17, 15) is 13.2 Å². The highest BCUT2D eigenvalue weighted by Crippen LogP contribution is 2.30. The predicted octanol–water partition coefficient (Wildman–Crippen LogP) is 2.25. The Hall–Kier alpha value is -1.70. The summed E-state index contributed by atoms with van der Waals surface area (Å²) in [5.41, 5.74) is 5.15. The third-order valence-electron chi connectivity index (χ3n) is 3.88. The number of piperazine rings is 1. The lowest BCUT2D eigenvalue weighted by molar-refractivity contribution is -0.140. The summed E-state index contributed by atoms with van der Waals surface area (Å²) in [7, 11) is 0. The molecule has 1 aliphatic heterocycles. The van der Waals surface area contributed by atoms with Gasteiger partial charge in [-0.3, -0.25) is 4.99 Å². The average molecular weight is 513 g/mol. The maximum absolute atomic E-state index is 12.5. The Morgan fingerprint density at radius 2 is 1.85 bits per heavy atom. The third kappa shape index (κ3) is 5.89. The average Bonchev–Trinajstić information content (AvgIpc) is 3.12. The molecule has 0 radical (unpaired) electrons. The lowest BCUT2D eigenvalue weighted by atomic mass is 10.3. The molecule has 2 aromatic heterocycles. The Bertz CT molecular complexity index is 745. The molecule has 3 heterocycles. The Morgan fingerprint density at radius 1 is 1.19 bits per heavy atom. The molecule has 0 unspecified atom stereocenters. The van der Waals surface area contributed by atoms with Gasteiger partial charge in [0.1, 0.15) is 0 Å². The molecule has 1 aliphatic rings. The molecule has 1 fully saturated rings. The van der Waals surface area contributed by atoms with Crippen LogP contribution in [-0.4, -0.2) is 58.5 Å². The van der Waals surface area contributed by atoms with Crippen LogP contribution >= 0.6 is 35.3 Å². The molecular formula is C15H19F3IN7S. The van der Waals surface area contributed by atoms with Crippen LogP contribution in [0, 0.1) is 0 Å². The molecule has 0 bridgehead atoms. The quantitative estimate of drug-likeness (QED) is 0.384. The van der Waals surface area contributed by atoms with Crippen molar-refractivity contribution in [2.45, 2.75) is 12.6 Å². The highest BCUT2D eigenvalue weighted by Gasteiger charge is 2.33. The predicted molar refractivity (Wildman–Crippen MR) is 109 cm³/mol. The first-order chi connectivity index (χ1) is 12.4. The highest BCUT2D eigenvalue weighted by atomic mass is 127. The maximum Gasteiger partial charge on any atom is 0.434 e. The van der Waals surface area contributed by atoms with Crippen LogP contribution in [0.15, 0.2) is 28.8 Å². The van der Waals surface area contributed by atoms with Gasteiger partial charge in [-0.05, 0) is 6.07 Å². The number of hydrogen-bond donors (Lipinski definition) is 1. The van der Waals surface area contributed by atoms with E-state index in [-0.39, 0.29) is 24.0 Å². The van der Waals surface area contributed by atoms with Gasteiger partial charge in [-0.1, -0.05) is 0 Å². The number of guanidine groups is 1. The van der Waals surface area contributed by atoms with Gasteiger partial charge in [-0.15, -0.1) is 35.3 Å². The number of thiazole rings is 1. The largest absolute Gasteiger partial charge is 0.434 e. The van der Waals surface area contributed by atoms with E-state index in [1.165, 1.54) is 0 Å². The zero-order chi connectivity index (χ0) is 18.6. The van der Waals surface area contributed by atoms with Crippen LogP contribution in [0.2, 0.25) is 0 Å². The fraction of sp³-hybridized carbons (Fsp3) is 0.467. The lowest BCUT2D eigenvalue weighted by Gasteiger charge is -2.35. The van der Waals surface area contributed by atoms with Gasteiger partial charge < -0.3 is 15.5 Å². The summed E-state index contributed by atoms with van der Waals surface area (Å²) in [6.07, 6.45) is -0.668. The van der Waals surface area contributed by atoms with Crippen molar-refractivity contribution in [2.75, 3.05) is 37.6 Å². The second kappa shape index (κ2) is 9.48. The smallest absolute Gasteiger partial charge is 0.370 e. The van der Waals surface area contributed by atoms with Crippen molar-refractivity contribution in [3.05, 3.63) is 34.5 Å². The number of aromatic nitrogens is 3. The standard InChI is InChI=1S/C15H18F3N7S.HI/c16-15(17,18)11-10-26-12(23-11)2-5-20-13(19)24-6-8-25(9-7-24)14-21-3-1-4-22-14;/h1,3-4,10H,2,5-9H2,(H2,19,20);1H. The number of nitrogens with zero attached hydrogens (tertiary/aromatic N) is 6. The zero-order valence-electron chi connectivity index (χ0n) is 14.3. The van der Waals surface area contributed by atoms with Gasteiger partial charge in [0, 0.05) is 56.9 Å². The minimum Gasteiger partial charge on any atom is -0.370 e. The number of halogens is 4. The van der Waals surface area contributed by atoms with E-state index in [0.717, 1.165) is 29.8 Å². The van der Waals surface area contributed by atoms with E-state index in [4.69, 9.17) is 5.73 Å². The summed E-state index contributed by atoms with van der Waals surface area (Å²) >= 11 is 0.986. The van der Waals surface area contributed by atoms with Crippen LogP contribution in [0.5, 0.6) is 0 Å². The first-order valence-corrected chi connectivity index (χ1v) is 8.90. The van der Waals surface area contributed by atoms with Crippen molar-refractivity contribution in [1.82, 2.24) is 19.9 Å². The molecular weight excluding hydrogens is 494 g/mol. The molecule has 0 saturated carbocycles. The zero-order valence-corrected chi connectivity index (χ0v) is 17.4. The molecule has 0 aliphatic carbocycles. The van der Waals surface area contributed by atoms with E-state index in [2.05, 4.69) is 24.8 Å². The van der Waals surface area contributed by atoms with E-state index >= 15 is 0 Å². The van der Waals surface area contributed by atoms with Crippen LogP contribution in [0.3, 0.4) is 0 Å². The molecule has 2 aromatic rings. The Kier molecular flexibility index (Phi) is 7.59. The summed E-state index contributed by atoms with van der Waals surface area (Å²) in [5.74, 6) is 1.08. The molecule has 148 valence electrons. The first-order valence-electron chi connectivity index (χ1n) is 8.02. The summed E-state index contributed by atoms with van der Waals surface area (Å²) in [6, 6.07) is 1.77. The topological polar surface area (TPSA) is 83.5 Å². The second-order valence-corrected chi connectivity index (χ2v) is 6.58. The van der Waals surface area contributed by atoms with Crippen molar-refractivity contribution in [1.29, 1.82) is 0 Å². The number of hydrogen-bond acceptors (Lipinski definition) is 6. The van der Waals surface area contributed by atoms with Crippen LogP contribution in [-0.2, 0) is 12.6 Å². The minimum absolute atomic E-state index is 0. The van der Waals surface area contributed by atoms with Crippen LogP contribution < -0.4 is 10.6 Å². The van der Waals surface area contributed by atoms with Crippen molar-refractivity contribution < 1.29 is 13.2 Å². The van der Waals surface area contributed by atoms with E-state index in [0.29, 0.717) is 43.0 Å². The van der Waals surface area contributed by atoms with Gasteiger partial charge in [0.15, 0.2) is 11.7 Å².